The van der Waals surface area contributed by atoms with Crippen LogP contribution in [0, 0.1) is 6.92 Å². The van der Waals surface area contributed by atoms with Crippen molar-refractivity contribution >= 4 is 119 Å². The third-order valence-electron chi connectivity index (χ3n) is 14.4. The number of benzene rings is 8. The van der Waals surface area contributed by atoms with Gasteiger partial charge in [-0.05, 0) is 125 Å². The molecule has 0 bridgehead atoms. The zero-order valence-electron chi connectivity index (χ0n) is 41.4. The van der Waals surface area contributed by atoms with Crippen molar-refractivity contribution < 1.29 is 0 Å². The van der Waals surface area contributed by atoms with Crippen LogP contribution in [0.4, 0.5) is 34.1 Å². The van der Waals surface area contributed by atoms with E-state index in [4.69, 9.17) is 0 Å². The molecule has 64 heavy (non-hydrogen) atoms. The van der Waals surface area contributed by atoms with Crippen LogP contribution < -0.4 is 30.5 Å². The molecule has 0 aromatic heterocycles. The van der Waals surface area contributed by atoms with Gasteiger partial charge < -0.3 is 9.80 Å². The quantitative estimate of drug-likeness (QED) is 0.0996. The first kappa shape index (κ1) is 44.5. The van der Waals surface area contributed by atoms with E-state index in [2.05, 4.69) is 237 Å². The predicted octanol–water partition coefficient (Wildman–Crippen LogP) is 15.2. The van der Waals surface area contributed by atoms with E-state index in [0.29, 0.717) is 0 Å². The van der Waals surface area contributed by atoms with Crippen molar-refractivity contribution in [1.29, 1.82) is 0 Å². The Balaban J connectivity index is 1.37. The number of hydrogen-bond acceptors (Lipinski definition) is 2. The number of hydrogen-bond donors (Lipinski definition) is 0. The lowest BCUT2D eigenvalue weighted by Gasteiger charge is -2.37. The Bertz CT molecular complexity index is 2910. The van der Waals surface area contributed by atoms with Gasteiger partial charge in [0.15, 0.2) is 0 Å². The summed E-state index contributed by atoms with van der Waals surface area (Å²) in [7, 11) is -6.01. The average molecular weight is 908 g/mol. The maximum Gasteiger partial charge on any atom is 0.0775 e. The lowest BCUT2D eigenvalue weighted by Crippen LogP contribution is -2.37. The van der Waals surface area contributed by atoms with Gasteiger partial charge in [-0.25, -0.2) is 0 Å². The minimum absolute atomic E-state index is 0.0191. The summed E-state index contributed by atoms with van der Waals surface area (Å²) in [6, 6.07) is 50.9. The van der Waals surface area contributed by atoms with E-state index >= 15 is 0 Å². The summed E-state index contributed by atoms with van der Waals surface area (Å²) in [5, 5.41) is 14.2. The van der Waals surface area contributed by atoms with Crippen molar-refractivity contribution in [1.82, 2.24) is 0 Å². The minimum atomic E-state index is -1.50. The fourth-order valence-electron chi connectivity index (χ4n) is 10.3. The Labute approximate surface area is 388 Å². The Morgan fingerprint density at radius 2 is 0.750 bits per heavy atom. The van der Waals surface area contributed by atoms with Crippen LogP contribution in [0.15, 0.2) is 127 Å². The molecule has 0 unspecified atom stereocenters. The van der Waals surface area contributed by atoms with Crippen molar-refractivity contribution in [2.75, 3.05) is 9.80 Å². The van der Waals surface area contributed by atoms with Gasteiger partial charge in [-0.3, -0.25) is 0 Å². The lowest BCUT2D eigenvalue weighted by atomic mass is 9.70. The van der Waals surface area contributed by atoms with E-state index in [1.807, 2.05) is 0 Å². The van der Waals surface area contributed by atoms with E-state index < -0.39 is 32.3 Å². The smallest absolute Gasteiger partial charge is 0.0775 e. The van der Waals surface area contributed by atoms with Crippen LogP contribution in [-0.2, 0) is 11.8 Å². The Kier molecular flexibility index (Phi) is 10.7. The van der Waals surface area contributed by atoms with Gasteiger partial charge in [0, 0.05) is 38.9 Å². The van der Waals surface area contributed by atoms with Crippen LogP contribution in [0.2, 0.25) is 78.6 Å². The van der Waals surface area contributed by atoms with Crippen LogP contribution in [0.1, 0.15) is 37.0 Å². The second-order valence-corrected chi connectivity index (χ2v) is 44.1. The van der Waals surface area contributed by atoms with Gasteiger partial charge in [0.1, 0.15) is 0 Å². The zero-order valence-corrected chi connectivity index (χ0v) is 45.4. The highest BCUT2D eigenvalue weighted by Gasteiger charge is 2.34. The fraction of sp³-hybridized carbons (Fsp3) is 0.310. The molecule has 0 saturated carbocycles. The highest BCUT2D eigenvalue weighted by atomic mass is 28.3. The first-order valence-electron chi connectivity index (χ1n) is 23.7. The molecule has 8 aromatic carbocycles. The molecule has 0 heterocycles. The molecule has 9 rings (SSSR count). The molecule has 328 valence electrons. The maximum atomic E-state index is 2.61. The zero-order chi connectivity index (χ0) is 45.9. The molecule has 0 spiro atoms. The third kappa shape index (κ3) is 7.82. The predicted molar refractivity (Wildman–Crippen MR) is 298 cm³/mol. The highest BCUT2D eigenvalue weighted by molar-refractivity contribution is 6.90. The van der Waals surface area contributed by atoms with Crippen LogP contribution in [0.3, 0.4) is 0 Å². The second kappa shape index (κ2) is 15.4. The largest absolute Gasteiger partial charge is 0.310 e. The fourth-order valence-corrected chi connectivity index (χ4v) is 15.0. The monoisotopic (exact) mass is 906 g/mol. The molecular weight excluding hydrogens is 837 g/mol. The van der Waals surface area contributed by atoms with E-state index in [1.54, 1.807) is 0 Å². The van der Waals surface area contributed by atoms with Crippen LogP contribution in [-0.4, -0.2) is 32.3 Å². The molecule has 0 saturated heterocycles. The van der Waals surface area contributed by atoms with E-state index in [0.717, 1.165) is 12.8 Å². The third-order valence-corrected chi connectivity index (χ3v) is 22.7. The number of anilines is 6. The summed E-state index contributed by atoms with van der Waals surface area (Å²) < 4.78 is 0. The lowest BCUT2D eigenvalue weighted by molar-refractivity contribution is 0.475. The van der Waals surface area contributed by atoms with Gasteiger partial charge in [-0.1, -0.05) is 174 Å². The Hall–Kier alpha value is -4.73. The van der Waals surface area contributed by atoms with Gasteiger partial charge in [0.05, 0.1) is 43.7 Å². The van der Waals surface area contributed by atoms with Gasteiger partial charge in [0.2, 0.25) is 0 Å². The molecule has 0 atom stereocenters. The van der Waals surface area contributed by atoms with Gasteiger partial charge >= 0.3 is 0 Å². The summed E-state index contributed by atoms with van der Waals surface area (Å²) in [6.45, 7) is 36.6. The highest BCUT2D eigenvalue weighted by Crippen LogP contribution is 2.53. The molecule has 8 aromatic rings. The standard InChI is InChI=1S/C58H70N2Si4/c1-39-36-53(59(41-16-24-45(25-17-41)61(4,5)6)42-18-26-46(27-19-42)62(7,8)9)51-38-52-55-40(34-35-58(52,2)3)37-54(50-33-32-49(39)56(51)57(50)55)60(43-20-28-47(29-21-43)63(10,11)12)44-22-30-48(31-23-44)64(13,14)15/h16-33,36-38H,34-35H2,1-15H3. The summed E-state index contributed by atoms with van der Waals surface area (Å²) in [5.74, 6) is 0. The number of nitrogens with zero attached hydrogens (tertiary/aromatic N) is 2. The van der Waals surface area contributed by atoms with Crippen molar-refractivity contribution in [2.45, 2.75) is 118 Å². The summed E-state index contributed by atoms with van der Waals surface area (Å²) in [4.78, 5) is 5.14. The number of aryl methyl sites for hydroxylation is 2. The van der Waals surface area contributed by atoms with E-state index in [9.17, 15) is 0 Å². The molecule has 2 nitrogen and oxygen atoms in total. The topological polar surface area (TPSA) is 6.48 Å². The van der Waals surface area contributed by atoms with Crippen LogP contribution >= 0.6 is 0 Å². The summed E-state index contributed by atoms with van der Waals surface area (Å²) >= 11 is 0. The van der Waals surface area contributed by atoms with Crippen molar-refractivity contribution in [3.8, 4) is 0 Å². The molecule has 0 amide bonds. The molecule has 1 aliphatic rings. The molecule has 0 N–H and O–H groups in total. The van der Waals surface area contributed by atoms with Crippen LogP contribution in [0.5, 0.6) is 0 Å². The Morgan fingerprint density at radius 3 is 1.12 bits per heavy atom. The summed E-state index contributed by atoms with van der Waals surface area (Å²) in [6.07, 6.45) is 2.17. The van der Waals surface area contributed by atoms with E-state index in [-0.39, 0.29) is 5.41 Å². The Morgan fingerprint density at radius 1 is 0.391 bits per heavy atom. The molecule has 0 radical (unpaired) electrons. The van der Waals surface area contributed by atoms with Crippen LogP contribution in [0.25, 0.3) is 32.3 Å². The molecule has 6 heteroatoms. The SMILES string of the molecule is Cc1cc(N(c2ccc([Si](C)(C)C)cc2)c2ccc([Si](C)(C)C)cc2)c2cc3c4c(cc(N(c5ccc([Si](C)(C)C)cc5)c5ccc([Si](C)(C)C)cc5)c5ccc1c2c54)CCC3(C)C. The normalized spacial score (nSPS) is 14.5. The second-order valence-electron chi connectivity index (χ2n) is 23.8. The average Bonchev–Trinajstić information content (AvgIpc) is 3.22. The number of rotatable bonds is 10. The van der Waals surface area contributed by atoms with Crippen molar-refractivity contribution in [2.24, 2.45) is 0 Å². The van der Waals surface area contributed by atoms with E-state index in [1.165, 1.54) is 104 Å². The van der Waals surface area contributed by atoms with Gasteiger partial charge in [-0.2, -0.15) is 0 Å². The summed E-state index contributed by atoms with van der Waals surface area (Å²) in [5.41, 5.74) is 11.7. The van der Waals surface area contributed by atoms with Crippen molar-refractivity contribution in [3.05, 3.63) is 144 Å². The first-order chi connectivity index (χ1) is 29.9. The first-order valence-corrected chi connectivity index (χ1v) is 37.7. The molecular formula is C58H70N2Si4. The minimum Gasteiger partial charge on any atom is -0.310 e. The maximum absolute atomic E-state index is 2.61. The van der Waals surface area contributed by atoms with Gasteiger partial charge in [-0.15, -0.1) is 0 Å². The van der Waals surface area contributed by atoms with Gasteiger partial charge in [0.25, 0.3) is 0 Å². The molecule has 0 aliphatic heterocycles. The molecule has 1 aliphatic carbocycles. The molecule has 0 fully saturated rings. The van der Waals surface area contributed by atoms with Crippen molar-refractivity contribution in [3.63, 3.8) is 0 Å².